The molecule has 24 heavy (non-hydrogen) atoms. The predicted molar refractivity (Wildman–Crippen MR) is 88.7 cm³/mol. The van der Waals surface area contributed by atoms with Gasteiger partial charge in [0.15, 0.2) is 0 Å². The van der Waals surface area contributed by atoms with Gasteiger partial charge >= 0.3 is 0 Å². The van der Waals surface area contributed by atoms with Gasteiger partial charge in [-0.2, -0.15) is 5.10 Å². The quantitative estimate of drug-likeness (QED) is 0.918. The third-order valence-corrected chi connectivity index (χ3v) is 4.07. The van der Waals surface area contributed by atoms with Crippen molar-refractivity contribution in [3.05, 3.63) is 47.0 Å². The molecule has 0 saturated carbocycles. The van der Waals surface area contributed by atoms with E-state index in [1.807, 2.05) is 32.4 Å². The SMILES string of the molecule is Cc1cc(C(=O)N[C@H]2CCOc3ccc(F)cc32)nn1C(C)(C)C. The standard InChI is InChI=1S/C18H22FN3O2/c1-11-9-15(21-22(11)18(2,3)4)17(23)20-14-7-8-24-16-6-5-12(19)10-13(14)16/h5-6,9-10,14H,7-8H2,1-4H3,(H,20,23)/t14-/m0/s1. The number of hydrogen-bond donors (Lipinski definition) is 1. The van der Waals surface area contributed by atoms with Gasteiger partial charge in [-0.1, -0.05) is 0 Å². The number of benzene rings is 1. The summed E-state index contributed by atoms with van der Waals surface area (Å²) in [6.07, 6.45) is 0.598. The van der Waals surface area contributed by atoms with Crippen molar-refractivity contribution in [1.29, 1.82) is 0 Å². The largest absolute Gasteiger partial charge is 0.493 e. The van der Waals surface area contributed by atoms with Crippen LogP contribution in [-0.2, 0) is 5.54 Å². The Bertz CT molecular complexity index is 777. The van der Waals surface area contributed by atoms with Gasteiger partial charge in [0.05, 0.1) is 18.2 Å². The zero-order valence-corrected chi connectivity index (χ0v) is 14.4. The molecule has 0 bridgehead atoms. The van der Waals surface area contributed by atoms with Crippen LogP contribution in [0.3, 0.4) is 0 Å². The molecule has 1 N–H and O–H groups in total. The van der Waals surface area contributed by atoms with E-state index in [1.54, 1.807) is 12.1 Å². The zero-order chi connectivity index (χ0) is 17.5. The Kier molecular flexibility index (Phi) is 4.07. The molecule has 0 saturated heterocycles. The van der Waals surface area contributed by atoms with Gasteiger partial charge in [0.2, 0.25) is 0 Å². The number of rotatable bonds is 2. The van der Waals surface area contributed by atoms with Gasteiger partial charge in [0, 0.05) is 17.7 Å². The predicted octanol–water partition coefficient (Wildman–Crippen LogP) is 3.34. The first kappa shape index (κ1) is 16.5. The van der Waals surface area contributed by atoms with Crippen LogP contribution >= 0.6 is 0 Å². The first-order valence-electron chi connectivity index (χ1n) is 8.06. The molecule has 5 nitrogen and oxygen atoms in total. The summed E-state index contributed by atoms with van der Waals surface area (Å²) >= 11 is 0. The summed E-state index contributed by atoms with van der Waals surface area (Å²) in [5.74, 6) is 0.0129. The summed E-state index contributed by atoms with van der Waals surface area (Å²) in [7, 11) is 0. The minimum absolute atomic E-state index is 0.197. The van der Waals surface area contributed by atoms with E-state index in [2.05, 4.69) is 10.4 Å². The third-order valence-electron chi connectivity index (χ3n) is 4.07. The monoisotopic (exact) mass is 331 g/mol. The van der Waals surface area contributed by atoms with Crippen LogP contribution in [0.2, 0.25) is 0 Å². The second-order valence-corrected chi connectivity index (χ2v) is 7.10. The lowest BCUT2D eigenvalue weighted by Gasteiger charge is -2.26. The lowest BCUT2D eigenvalue weighted by molar-refractivity contribution is 0.0918. The highest BCUT2D eigenvalue weighted by Gasteiger charge is 2.26. The Morgan fingerprint density at radius 1 is 1.38 bits per heavy atom. The van der Waals surface area contributed by atoms with Gasteiger partial charge in [-0.3, -0.25) is 9.48 Å². The number of carbonyl (C=O) groups is 1. The molecule has 1 aliphatic rings. The van der Waals surface area contributed by atoms with Gasteiger partial charge < -0.3 is 10.1 Å². The molecular weight excluding hydrogens is 309 g/mol. The molecule has 1 amide bonds. The average molecular weight is 331 g/mol. The van der Waals surface area contributed by atoms with Gasteiger partial charge in [-0.15, -0.1) is 0 Å². The summed E-state index contributed by atoms with van der Waals surface area (Å²) in [5, 5.41) is 7.37. The number of aryl methyl sites for hydroxylation is 1. The van der Waals surface area contributed by atoms with E-state index in [4.69, 9.17) is 4.74 Å². The Morgan fingerprint density at radius 2 is 2.12 bits per heavy atom. The molecule has 3 rings (SSSR count). The van der Waals surface area contributed by atoms with E-state index in [0.29, 0.717) is 30.0 Å². The van der Waals surface area contributed by atoms with Crippen molar-refractivity contribution in [2.45, 2.75) is 45.7 Å². The number of halogens is 1. The van der Waals surface area contributed by atoms with Crippen molar-refractivity contribution in [3.8, 4) is 5.75 Å². The van der Waals surface area contributed by atoms with Crippen LogP contribution in [0.1, 0.15) is 55.0 Å². The van der Waals surface area contributed by atoms with E-state index in [0.717, 1.165) is 5.69 Å². The molecule has 128 valence electrons. The number of nitrogens with zero attached hydrogens (tertiary/aromatic N) is 2. The van der Waals surface area contributed by atoms with Crippen molar-refractivity contribution in [2.75, 3.05) is 6.61 Å². The second-order valence-electron chi connectivity index (χ2n) is 7.10. The number of ether oxygens (including phenoxy) is 1. The fourth-order valence-corrected chi connectivity index (χ4v) is 3.01. The highest BCUT2D eigenvalue weighted by Crippen LogP contribution is 2.32. The smallest absolute Gasteiger partial charge is 0.272 e. The van der Waals surface area contributed by atoms with Crippen LogP contribution in [0.4, 0.5) is 4.39 Å². The lowest BCUT2D eigenvalue weighted by Crippen LogP contribution is -2.33. The Hall–Kier alpha value is -2.37. The van der Waals surface area contributed by atoms with Crippen molar-refractivity contribution < 1.29 is 13.9 Å². The summed E-state index contributed by atoms with van der Waals surface area (Å²) in [6.45, 7) is 8.51. The number of amides is 1. The van der Waals surface area contributed by atoms with Crippen molar-refractivity contribution >= 4 is 5.91 Å². The van der Waals surface area contributed by atoms with E-state index < -0.39 is 0 Å². The van der Waals surface area contributed by atoms with Gasteiger partial charge in [-0.05, 0) is 52.0 Å². The number of hydrogen-bond acceptors (Lipinski definition) is 3. The van der Waals surface area contributed by atoms with Crippen LogP contribution in [-0.4, -0.2) is 22.3 Å². The van der Waals surface area contributed by atoms with Crippen LogP contribution in [0.25, 0.3) is 0 Å². The highest BCUT2D eigenvalue weighted by atomic mass is 19.1. The zero-order valence-electron chi connectivity index (χ0n) is 14.4. The van der Waals surface area contributed by atoms with Crippen LogP contribution in [0, 0.1) is 12.7 Å². The second kappa shape index (κ2) is 5.92. The van der Waals surface area contributed by atoms with Crippen molar-refractivity contribution in [3.63, 3.8) is 0 Å². The molecule has 1 atom stereocenters. The van der Waals surface area contributed by atoms with Crippen molar-refractivity contribution in [1.82, 2.24) is 15.1 Å². The summed E-state index contributed by atoms with van der Waals surface area (Å²) < 4.78 is 20.9. The first-order chi connectivity index (χ1) is 11.3. The molecule has 0 aliphatic carbocycles. The molecule has 2 aromatic rings. The maximum Gasteiger partial charge on any atom is 0.272 e. The number of carbonyl (C=O) groups excluding carboxylic acids is 1. The summed E-state index contributed by atoms with van der Waals surface area (Å²) in [4.78, 5) is 12.6. The maximum atomic E-state index is 13.5. The van der Waals surface area contributed by atoms with Crippen LogP contribution < -0.4 is 10.1 Å². The highest BCUT2D eigenvalue weighted by molar-refractivity contribution is 5.92. The fourth-order valence-electron chi connectivity index (χ4n) is 3.01. The van der Waals surface area contributed by atoms with Crippen LogP contribution in [0.5, 0.6) is 5.75 Å². The average Bonchev–Trinajstić information content (AvgIpc) is 2.90. The normalized spacial score (nSPS) is 17.1. The molecule has 1 aliphatic heterocycles. The fraction of sp³-hybridized carbons (Fsp3) is 0.444. The molecule has 0 spiro atoms. The maximum absolute atomic E-state index is 13.5. The van der Waals surface area contributed by atoms with Gasteiger partial charge in [0.1, 0.15) is 17.3 Å². The Balaban J connectivity index is 1.83. The van der Waals surface area contributed by atoms with E-state index in [1.165, 1.54) is 12.1 Å². The summed E-state index contributed by atoms with van der Waals surface area (Å²) in [5.41, 5.74) is 1.76. The molecule has 2 heterocycles. The van der Waals surface area contributed by atoms with Crippen molar-refractivity contribution in [2.24, 2.45) is 0 Å². The molecule has 6 heteroatoms. The molecular formula is C18H22FN3O2. The minimum atomic E-state index is -0.341. The van der Waals surface area contributed by atoms with Gasteiger partial charge in [0.25, 0.3) is 5.91 Å². The van der Waals surface area contributed by atoms with E-state index in [-0.39, 0.29) is 23.3 Å². The van der Waals surface area contributed by atoms with E-state index in [9.17, 15) is 9.18 Å². The Labute approximate surface area is 140 Å². The Morgan fingerprint density at radius 3 is 2.79 bits per heavy atom. The topological polar surface area (TPSA) is 56.1 Å². The number of fused-ring (bicyclic) bond motifs is 1. The number of aromatic nitrogens is 2. The van der Waals surface area contributed by atoms with Gasteiger partial charge in [-0.25, -0.2) is 4.39 Å². The first-order valence-corrected chi connectivity index (χ1v) is 8.06. The van der Waals surface area contributed by atoms with E-state index >= 15 is 0 Å². The molecule has 0 unspecified atom stereocenters. The lowest BCUT2D eigenvalue weighted by atomic mass is 10.00. The summed E-state index contributed by atoms with van der Waals surface area (Å²) in [6, 6.07) is 5.86. The molecule has 1 aromatic carbocycles. The number of nitrogens with one attached hydrogen (secondary N) is 1. The minimum Gasteiger partial charge on any atom is -0.493 e. The molecule has 1 aromatic heterocycles. The molecule has 0 radical (unpaired) electrons. The third kappa shape index (κ3) is 3.13. The molecule has 0 fully saturated rings. The van der Waals surface area contributed by atoms with Crippen LogP contribution in [0.15, 0.2) is 24.3 Å².